The first-order chi connectivity index (χ1) is 12.1. The molecule has 0 bridgehead atoms. The van der Waals surface area contributed by atoms with E-state index in [4.69, 9.17) is 5.73 Å². The quantitative estimate of drug-likeness (QED) is 0.856. The minimum Gasteiger partial charge on any atom is -0.352 e. The summed E-state index contributed by atoms with van der Waals surface area (Å²) in [7, 11) is 0. The summed E-state index contributed by atoms with van der Waals surface area (Å²) in [6, 6.07) is 9.05. The summed E-state index contributed by atoms with van der Waals surface area (Å²) in [5, 5.41) is 2.71. The minimum atomic E-state index is -0.602. The second kappa shape index (κ2) is 8.34. The van der Waals surface area contributed by atoms with E-state index in [0.29, 0.717) is 6.04 Å². The highest BCUT2D eigenvalue weighted by Crippen LogP contribution is 2.23. The van der Waals surface area contributed by atoms with Crippen molar-refractivity contribution in [2.75, 3.05) is 26.2 Å². The second-order valence-electron chi connectivity index (χ2n) is 7.05. The van der Waals surface area contributed by atoms with Crippen molar-refractivity contribution in [3.63, 3.8) is 0 Å². The minimum absolute atomic E-state index is 0.0894. The predicted octanol–water partition coefficient (Wildman–Crippen LogP) is 1.87. The number of likely N-dealkylation sites (tertiary alicyclic amines) is 2. The molecule has 3 rings (SSSR count). The number of nitrogens with zero attached hydrogens (tertiary/aromatic N) is 2. The zero-order chi connectivity index (χ0) is 17.6. The monoisotopic (exact) mass is 344 g/mol. The number of hydrogen-bond acceptors (Lipinski definition) is 3. The summed E-state index contributed by atoms with van der Waals surface area (Å²) in [6.45, 7) is 3.92. The van der Waals surface area contributed by atoms with Crippen LogP contribution in [0.15, 0.2) is 30.3 Å². The van der Waals surface area contributed by atoms with Crippen molar-refractivity contribution in [1.29, 1.82) is 0 Å². The molecular weight excluding hydrogens is 316 g/mol. The maximum absolute atomic E-state index is 12.8. The van der Waals surface area contributed by atoms with Gasteiger partial charge in [0.05, 0.1) is 12.5 Å². The number of benzene rings is 1. The topological polar surface area (TPSA) is 78.7 Å². The molecule has 0 spiro atoms. The van der Waals surface area contributed by atoms with Crippen molar-refractivity contribution in [2.45, 2.75) is 44.2 Å². The van der Waals surface area contributed by atoms with E-state index in [1.807, 2.05) is 35.2 Å². The van der Waals surface area contributed by atoms with Gasteiger partial charge in [-0.15, -0.1) is 0 Å². The highest BCUT2D eigenvalue weighted by atomic mass is 16.2. The lowest BCUT2D eigenvalue weighted by Crippen LogP contribution is -2.49. The number of carbonyl (C=O) groups is 2. The zero-order valence-electron chi connectivity index (χ0n) is 14.7. The number of carbonyl (C=O) groups excluding carboxylic acids is 2. The lowest BCUT2D eigenvalue weighted by Gasteiger charge is -2.38. The third-order valence-electron chi connectivity index (χ3n) is 5.30. The summed E-state index contributed by atoms with van der Waals surface area (Å²) >= 11 is 0. The van der Waals surface area contributed by atoms with Crippen LogP contribution in [0.3, 0.4) is 0 Å². The molecule has 0 saturated carbocycles. The molecule has 6 nitrogen and oxygen atoms in total. The maximum Gasteiger partial charge on any atom is 0.312 e. The molecule has 0 radical (unpaired) electrons. The van der Waals surface area contributed by atoms with E-state index in [2.05, 4.69) is 10.2 Å². The van der Waals surface area contributed by atoms with E-state index in [9.17, 15) is 9.59 Å². The van der Waals surface area contributed by atoms with Crippen molar-refractivity contribution in [3.8, 4) is 0 Å². The Morgan fingerprint density at radius 3 is 2.52 bits per heavy atom. The Morgan fingerprint density at radius 2 is 1.84 bits per heavy atom. The van der Waals surface area contributed by atoms with Crippen LogP contribution in [-0.2, 0) is 4.79 Å². The van der Waals surface area contributed by atoms with Crippen molar-refractivity contribution in [1.82, 2.24) is 15.1 Å². The molecule has 2 heterocycles. The summed E-state index contributed by atoms with van der Waals surface area (Å²) in [5.41, 5.74) is 6.21. The van der Waals surface area contributed by atoms with Gasteiger partial charge in [0.1, 0.15) is 0 Å². The van der Waals surface area contributed by atoms with E-state index in [1.165, 1.54) is 19.3 Å². The van der Waals surface area contributed by atoms with Gasteiger partial charge < -0.3 is 16.0 Å². The van der Waals surface area contributed by atoms with Crippen LogP contribution in [0.25, 0.3) is 0 Å². The van der Waals surface area contributed by atoms with Gasteiger partial charge in [0.15, 0.2) is 0 Å². The standard InChI is InChI=1S/C19H28N4O2/c20-19(25)21-17(15-7-2-1-3-8-15)13-18(24)23-12-6-9-16(14-23)22-10-4-5-11-22/h1-3,7-8,16-17H,4-6,9-14H2,(H3,20,21,25)/t16-,17-/m1/s1. The molecule has 0 aromatic heterocycles. The van der Waals surface area contributed by atoms with Gasteiger partial charge in [-0.25, -0.2) is 4.79 Å². The second-order valence-corrected chi connectivity index (χ2v) is 7.05. The van der Waals surface area contributed by atoms with Gasteiger partial charge in [0.2, 0.25) is 5.91 Å². The first-order valence-electron chi connectivity index (χ1n) is 9.26. The van der Waals surface area contributed by atoms with E-state index in [-0.39, 0.29) is 18.4 Å². The van der Waals surface area contributed by atoms with Gasteiger partial charge in [-0.2, -0.15) is 0 Å². The number of nitrogens with two attached hydrogens (primary N) is 1. The predicted molar refractivity (Wildman–Crippen MR) is 96.9 cm³/mol. The summed E-state index contributed by atoms with van der Waals surface area (Å²) in [6.07, 6.45) is 5.00. The van der Waals surface area contributed by atoms with Crippen LogP contribution in [0, 0.1) is 0 Å². The first kappa shape index (κ1) is 17.7. The lowest BCUT2D eigenvalue weighted by atomic mass is 10.0. The number of primary amides is 1. The van der Waals surface area contributed by atoms with Gasteiger partial charge in [-0.05, 0) is 44.3 Å². The Morgan fingerprint density at radius 1 is 1.12 bits per heavy atom. The molecule has 0 unspecified atom stereocenters. The van der Waals surface area contributed by atoms with Gasteiger partial charge in [0, 0.05) is 19.1 Å². The van der Waals surface area contributed by atoms with E-state index in [1.54, 1.807) is 0 Å². The molecular formula is C19H28N4O2. The van der Waals surface area contributed by atoms with Crippen LogP contribution in [0.5, 0.6) is 0 Å². The molecule has 3 amide bonds. The first-order valence-corrected chi connectivity index (χ1v) is 9.26. The van der Waals surface area contributed by atoms with E-state index in [0.717, 1.165) is 38.2 Å². The Labute approximate surface area is 149 Å². The molecule has 1 aromatic carbocycles. The summed E-state index contributed by atoms with van der Waals surface area (Å²) in [4.78, 5) is 28.7. The molecule has 2 aliphatic heterocycles. The van der Waals surface area contributed by atoms with Crippen LogP contribution < -0.4 is 11.1 Å². The van der Waals surface area contributed by atoms with E-state index >= 15 is 0 Å². The van der Waals surface area contributed by atoms with Crippen LogP contribution in [0.4, 0.5) is 4.79 Å². The largest absolute Gasteiger partial charge is 0.352 e. The molecule has 3 N–H and O–H groups in total. The SMILES string of the molecule is NC(=O)N[C@H](CC(=O)N1CCC[C@@H](N2CCCC2)C1)c1ccccc1. The van der Waals surface area contributed by atoms with Crippen molar-refractivity contribution in [2.24, 2.45) is 5.73 Å². The van der Waals surface area contributed by atoms with Crippen LogP contribution in [-0.4, -0.2) is 54.0 Å². The molecule has 136 valence electrons. The third kappa shape index (κ3) is 4.72. The van der Waals surface area contributed by atoms with Gasteiger partial charge in [-0.3, -0.25) is 9.69 Å². The molecule has 2 atom stereocenters. The Bertz CT molecular complexity index is 586. The van der Waals surface area contributed by atoms with Crippen molar-refractivity contribution in [3.05, 3.63) is 35.9 Å². The maximum atomic E-state index is 12.8. The molecule has 1 aromatic rings. The van der Waals surface area contributed by atoms with Crippen molar-refractivity contribution < 1.29 is 9.59 Å². The van der Waals surface area contributed by atoms with Crippen LogP contribution >= 0.6 is 0 Å². The van der Waals surface area contributed by atoms with E-state index < -0.39 is 6.03 Å². The smallest absolute Gasteiger partial charge is 0.312 e. The van der Waals surface area contributed by atoms with Gasteiger partial charge in [-0.1, -0.05) is 30.3 Å². The van der Waals surface area contributed by atoms with Gasteiger partial charge >= 0.3 is 6.03 Å². The summed E-state index contributed by atoms with van der Waals surface area (Å²) < 4.78 is 0. The Kier molecular flexibility index (Phi) is 5.91. The van der Waals surface area contributed by atoms with Crippen molar-refractivity contribution >= 4 is 11.9 Å². The highest BCUT2D eigenvalue weighted by molar-refractivity contribution is 5.79. The average molecular weight is 344 g/mol. The number of nitrogens with one attached hydrogen (secondary N) is 1. The Hall–Kier alpha value is -2.08. The fourth-order valence-electron chi connectivity index (χ4n) is 4.00. The average Bonchev–Trinajstić information content (AvgIpc) is 3.16. The fraction of sp³-hybridized carbons (Fsp3) is 0.579. The highest BCUT2D eigenvalue weighted by Gasteiger charge is 2.30. The number of amides is 3. The molecule has 2 aliphatic rings. The Balaban J connectivity index is 1.63. The van der Waals surface area contributed by atoms with Gasteiger partial charge in [0.25, 0.3) is 0 Å². The molecule has 0 aliphatic carbocycles. The lowest BCUT2D eigenvalue weighted by molar-refractivity contribution is -0.133. The number of hydrogen-bond donors (Lipinski definition) is 2. The number of piperidine rings is 1. The summed E-state index contributed by atoms with van der Waals surface area (Å²) in [5.74, 6) is 0.0894. The third-order valence-corrected chi connectivity index (χ3v) is 5.30. The normalized spacial score (nSPS) is 22.6. The van der Waals surface area contributed by atoms with Crippen LogP contribution in [0.1, 0.15) is 43.7 Å². The van der Waals surface area contributed by atoms with Crippen LogP contribution in [0.2, 0.25) is 0 Å². The zero-order valence-corrected chi connectivity index (χ0v) is 14.7. The number of rotatable bonds is 5. The molecule has 2 fully saturated rings. The molecule has 2 saturated heterocycles. The number of urea groups is 1. The molecule has 25 heavy (non-hydrogen) atoms. The molecule has 6 heteroatoms. The fourth-order valence-corrected chi connectivity index (χ4v) is 4.00.